The lowest BCUT2D eigenvalue weighted by Crippen LogP contribution is -2.62. The molecule has 7 heteroatoms. The van der Waals surface area contributed by atoms with Crippen LogP contribution in [0, 0.1) is 0 Å². The fraction of sp³-hybridized carbons (Fsp3) is 0.400. The number of fused-ring (bicyclic) bond motifs is 1. The number of methoxy groups -OCH3 is 1. The van der Waals surface area contributed by atoms with Gasteiger partial charge in [-0.1, -0.05) is 30.3 Å². The third-order valence-electron chi connectivity index (χ3n) is 4.72. The molecule has 2 N–H and O–H groups in total. The molecule has 7 nitrogen and oxygen atoms in total. The lowest BCUT2D eigenvalue weighted by molar-refractivity contribution is -0.350. The summed E-state index contributed by atoms with van der Waals surface area (Å²) in [5.74, 6) is 1.18. The van der Waals surface area contributed by atoms with Gasteiger partial charge in [-0.25, -0.2) is 0 Å². The van der Waals surface area contributed by atoms with Crippen molar-refractivity contribution in [1.29, 1.82) is 0 Å². The van der Waals surface area contributed by atoms with Crippen LogP contribution in [0.25, 0.3) is 0 Å². The number of aliphatic hydroxyl groups excluding tert-OH is 2. The molecule has 3 unspecified atom stereocenters. The zero-order valence-electron chi connectivity index (χ0n) is 14.8. The standard InChI is InChI=1S/C20H22O7/c1-23-13-7-9-14(10-8-13)25-20-17(22)16(21)18-15(26-20)11-24-19(27-18)12-5-3-2-4-6-12/h2-10,15-22H,11H2,1H3/t15?,16?,17-,18-,19?,20+/m0/s1. The predicted octanol–water partition coefficient (Wildman–Crippen LogP) is 1.63. The highest BCUT2D eigenvalue weighted by Crippen LogP contribution is 2.34. The molecule has 2 heterocycles. The Hall–Kier alpha value is -2.16. The van der Waals surface area contributed by atoms with Gasteiger partial charge >= 0.3 is 0 Å². The molecule has 144 valence electrons. The number of ether oxygens (including phenoxy) is 5. The summed E-state index contributed by atoms with van der Waals surface area (Å²) >= 11 is 0. The van der Waals surface area contributed by atoms with Gasteiger partial charge in [0.15, 0.2) is 6.29 Å². The maximum Gasteiger partial charge on any atom is 0.229 e. The van der Waals surface area contributed by atoms with E-state index in [1.54, 1.807) is 31.4 Å². The van der Waals surface area contributed by atoms with E-state index >= 15 is 0 Å². The molecule has 2 aliphatic rings. The molecule has 2 aliphatic heterocycles. The minimum atomic E-state index is -1.26. The Morgan fingerprint density at radius 3 is 2.30 bits per heavy atom. The second-order valence-electron chi connectivity index (χ2n) is 6.49. The van der Waals surface area contributed by atoms with Crippen LogP contribution >= 0.6 is 0 Å². The first-order chi connectivity index (χ1) is 13.2. The van der Waals surface area contributed by atoms with Crippen LogP contribution in [0.5, 0.6) is 11.5 Å². The van der Waals surface area contributed by atoms with Crippen LogP contribution in [-0.2, 0) is 14.2 Å². The van der Waals surface area contributed by atoms with Crippen LogP contribution in [0.15, 0.2) is 54.6 Å². The molecule has 2 saturated heterocycles. The Labute approximate surface area is 157 Å². The minimum Gasteiger partial charge on any atom is -0.497 e. The maximum atomic E-state index is 10.6. The zero-order valence-corrected chi connectivity index (χ0v) is 14.8. The first-order valence-electron chi connectivity index (χ1n) is 8.80. The largest absolute Gasteiger partial charge is 0.497 e. The summed E-state index contributed by atoms with van der Waals surface area (Å²) in [6, 6.07) is 16.3. The van der Waals surface area contributed by atoms with Crippen molar-refractivity contribution in [3.8, 4) is 11.5 Å². The van der Waals surface area contributed by atoms with Gasteiger partial charge in [0.05, 0.1) is 13.7 Å². The Bertz CT molecular complexity index is 734. The molecule has 0 aromatic heterocycles. The van der Waals surface area contributed by atoms with Crippen LogP contribution in [0.3, 0.4) is 0 Å². The summed E-state index contributed by atoms with van der Waals surface area (Å²) in [7, 11) is 1.58. The Kier molecular flexibility index (Phi) is 5.29. The van der Waals surface area contributed by atoms with E-state index < -0.39 is 37.0 Å². The molecule has 2 fully saturated rings. The summed E-state index contributed by atoms with van der Waals surface area (Å²) in [6.07, 6.45) is -5.33. The normalized spacial score (nSPS) is 33.1. The van der Waals surface area contributed by atoms with Gasteiger partial charge in [0.25, 0.3) is 0 Å². The number of hydrogen-bond acceptors (Lipinski definition) is 7. The van der Waals surface area contributed by atoms with Gasteiger partial charge in [-0.05, 0) is 24.3 Å². The highest BCUT2D eigenvalue weighted by molar-refractivity contribution is 5.31. The minimum absolute atomic E-state index is 0.219. The molecular formula is C20H22O7. The van der Waals surface area contributed by atoms with E-state index in [0.29, 0.717) is 11.5 Å². The van der Waals surface area contributed by atoms with E-state index in [-0.39, 0.29) is 6.61 Å². The second kappa shape index (κ2) is 7.84. The molecule has 6 atom stereocenters. The van der Waals surface area contributed by atoms with E-state index in [1.165, 1.54) is 0 Å². The quantitative estimate of drug-likeness (QED) is 0.841. The van der Waals surface area contributed by atoms with Gasteiger partial charge in [-0.3, -0.25) is 0 Å². The van der Waals surface area contributed by atoms with E-state index in [0.717, 1.165) is 5.56 Å². The van der Waals surface area contributed by atoms with Crippen molar-refractivity contribution < 1.29 is 33.9 Å². The molecule has 2 aromatic carbocycles. The highest BCUT2D eigenvalue weighted by atomic mass is 16.8. The van der Waals surface area contributed by atoms with Crippen LogP contribution in [0.2, 0.25) is 0 Å². The second-order valence-corrected chi connectivity index (χ2v) is 6.49. The lowest BCUT2D eigenvalue weighted by atomic mass is 9.98. The molecule has 0 saturated carbocycles. The van der Waals surface area contributed by atoms with Crippen molar-refractivity contribution >= 4 is 0 Å². The number of aliphatic hydroxyl groups is 2. The average Bonchev–Trinajstić information content (AvgIpc) is 2.73. The maximum absolute atomic E-state index is 10.6. The summed E-state index contributed by atoms with van der Waals surface area (Å²) in [5.41, 5.74) is 0.842. The van der Waals surface area contributed by atoms with Crippen LogP contribution in [-0.4, -0.2) is 54.6 Å². The first-order valence-corrected chi connectivity index (χ1v) is 8.80. The van der Waals surface area contributed by atoms with E-state index in [9.17, 15) is 10.2 Å². The molecule has 0 spiro atoms. The monoisotopic (exact) mass is 374 g/mol. The van der Waals surface area contributed by atoms with Crippen molar-refractivity contribution in [1.82, 2.24) is 0 Å². The summed E-state index contributed by atoms with van der Waals surface area (Å²) in [6.45, 7) is 0.219. The van der Waals surface area contributed by atoms with Gasteiger partial charge in [0, 0.05) is 5.56 Å². The Balaban J connectivity index is 1.43. The molecule has 0 aliphatic carbocycles. The number of hydrogen-bond donors (Lipinski definition) is 2. The molecule has 0 bridgehead atoms. The van der Waals surface area contributed by atoms with Gasteiger partial charge < -0.3 is 33.9 Å². The zero-order chi connectivity index (χ0) is 18.8. The Morgan fingerprint density at radius 2 is 1.59 bits per heavy atom. The first kappa shape index (κ1) is 18.2. The molecule has 2 aromatic rings. The van der Waals surface area contributed by atoms with E-state index in [1.807, 2.05) is 30.3 Å². The van der Waals surface area contributed by atoms with Crippen LogP contribution < -0.4 is 9.47 Å². The van der Waals surface area contributed by atoms with E-state index in [4.69, 9.17) is 23.7 Å². The SMILES string of the molecule is COc1ccc(O[C@@H]2OC3COC(c4ccccc4)O[C@@H]3C(O)[C@@H]2O)cc1. The number of benzene rings is 2. The topological polar surface area (TPSA) is 86.6 Å². The van der Waals surface area contributed by atoms with Crippen molar-refractivity contribution in [2.24, 2.45) is 0 Å². The van der Waals surface area contributed by atoms with Gasteiger partial charge in [-0.15, -0.1) is 0 Å². The van der Waals surface area contributed by atoms with E-state index in [2.05, 4.69) is 0 Å². The van der Waals surface area contributed by atoms with Crippen molar-refractivity contribution in [2.45, 2.75) is 37.0 Å². The average molecular weight is 374 g/mol. The molecule has 4 rings (SSSR count). The van der Waals surface area contributed by atoms with Crippen LogP contribution in [0.4, 0.5) is 0 Å². The summed E-state index contributed by atoms with van der Waals surface area (Å²) in [4.78, 5) is 0. The highest BCUT2D eigenvalue weighted by Gasteiger charge is 2.49. The molecular weight excluding hydrogens is 352 g/mol. The Morgan fingerprint density at radius 1 is 0.889 bits per heavy atom. The predicted molar refractivity (Wildman–Crippen MR) is 94.3 cm³/mol. The summed E-state index contributed by atoms with van der Waals surface area (Å²) < 4.78 is 28.2. The third kappa shape index (κ3) is 3.78. The number of rotatable bonds is 4. The van der Waals surface area contributed by atoms with Gasteiger partial charge in [-0.2, -0.15) is 0 Å². The molecule has 0 radical (unpaired) electrons. The van der Waals surface area contributed by atoms with Crippen molar-refractivity contribution in [2.75, 3.05) is 13.7 Å². The van der Waals surface area contributed by atoms with Gasteiger partial charge in [0.1, 0.15) is 35.9 Å². The summed E-state index contributed by atoms with van der Waals surface area (Å²) in [5, 5.41) is 21.0. The lowest BCUT2D eigenvalue weighted by Gasteiger charge is -2.46. The fourth-order valence-corrected chi connectivity index (χ4v) is 3.24. The van der Waals surface area contributed by atoms with Gasteiger partial charge in [0.2, 0.25) is 6.29 Å². The van der Waals surface area contributed by atoms with Crippen molar-refractivity contribution in [3.63, 3.8) is 0 Å². The fourth-order valence-electron chi connectivity index (χ4n) is 3.24. The van der Waals surface area contributed by atoms with Crippen LogP contribution in [0.1, 0.15) is 11.9 Å². The smallest absolute Gasteiger partial charge is 0.229 e. The molecule has 0 amide bonds. The van der Waals surface area contributed by atoms with Crippen molar-refractivity contribution in [3.05, 3.63) is 60.2 Å². The third-order valence-corrected chi connectivity index (χ3v) is 4.72. The molecule has 27 heavy (non-hydrogen) atoms.